The van der Waals surface area contributed by atoms with Gasteiger partial charge >= 0.3 is 0 Å². The van der Waals surface area contributed by atoms with Crippen LogP contribution >= 0.6 is 15.9 Å². The van der Waals surface area contributed by atoms with Gasteiger partial charge < -0.3 is 10.2 Å². The minimum atomic E-state index is -0.214. The Morgan fingerprint density at radius 3 is 3.00 bits per heavy atom. The molecule has 14 heavy (non-hydrogen) atoms. The van der Waals surface area contributed by atoms with Gasteiger partial charge in [-0.05, 0) is 35.0 Å². The zero-order valence-electron chi connectivity index (χ0n) is 7.91. The predicted molar refractivity (Wildman–Crippen MR) is 58.4 cm³/mol. The number of carbonyl (C=O) groups excluding carboxylic acids is 1. The first-order chi connectivity index (χ1) is 6.59. The number of anilines is 2. The van der Waals surface area contributed by atoms with E-state index in [9.17, 15) is 4.79 Å². The highest BCUT2D eigenvalue weighted by Crippen LogP contribution is 2.29. The summed E-state index contributed by atoms with van der Waals surface area (Å²) in [7, 11) is 1.76. The molecular formula is C9H10BrN3O. The monoisotopic (exact) mass is 255 g/mol. The Bertz CT molecular complexity index is 394. The lowest BCUT2D eigenvalue weighted by Crippen LogP contribution is -2.43. The number of amides is 1. The van der Waals surface area contributed by atoms with Crippen molar-refractivity contribution in [2.45, 2.75) is 13.0 Å². The van der Waals surface area contributed by atoms with Crippen molar-refractivity contribution in [1.29, 1.82) is 0 Å². The Morgan fingerprint density at radius 1 is 1.57 bits per heavy atom. The molecule has 0 aromatic carbocycles. The van der Waals surface area contributed by atoms with E-state index in [0.717, 1.165) is 16.1 Å². The molecule has 0 aliphatic carbocycles. The second-order valence-corrected chi connectivity index (χ2v) is 4.08. The maximum atomic E-state index is 11.6. The van der Waals surface area contributed by atoms with E-state index in [1.807, 2.05) is 19.1 Å². The van der Waals surface area contributed by atoms with Crippen LogP contribution in [-0.4, -0.2) is 24.0 Å². The molecule has 1 atom stereocenters. The van der Waals surface area contributed by atoms with Gasteiger partial charge in [-0.25, -0.2) is 4.98 Å². The number of nitrogens with one attached hydrogen (secondary N) is 1. The van der Waals surface area contributed by atoms with Crippen LogP contribution in [0.15, 0.2) is 16.7 Å². The van der Waals surface area contributed by atoms with Crippen molar-refractivity contribution in [3.8, 4) is 0 Å². The number of hydrogen-bond acceptors (Lipinski definition) is 3. The number of carbonyl (C=O) groups is 1. The van der Waals surface area contributed by atoms with Crippen LogP contribution in [0.4, 0.5) is 11.5 Å². The van der Waals surface area contributed by atoms with E-state index in [1.54, 1.807) is 11.9 Å². The number of fused-ring (bicyclic) bond motifs is 1. The van der Waals surface area contributed by atoms with Gasteiger partial charge in [0.15, 0.2) is 5.82 Å². The van der Waals surface area contributed by atoms with Gasteiger partial charge in [0.05, 0.1) is 5.69 Å². The zero-order chi connectivity index (χ0) is 10.3. The second kappa shape index (κ2) is 3.24. The maximum absolute atomic E-state index is 11.6. The maximum Gasteiger partial charge on any atom is 0.249 e. The fourth-order valence-electron chi connectivity index (χ4n) is 1.48. The Balaban J connectivity index is 2.50. The summed E-state index contributed by atoms with van der Waals surface area (Å²) in [6, 6.07) is 3.47. The molecule has 0 bridgehead atoms. The molecule has 1 aliphatic heterocycles. The number of pyridine rings is 1. The van der Waals surface area contributed by atoms with E-state index < -0.39 is 0 Å². The van der Waals surface area contributed by atoms with Gasteiger partial charge in [0.2, 0.25) is 5.91 Å². The van der Waals surface area contributed by atoms with Crippen molar-refractivity contribution in [1.82, 2.24) is 4.98 Å². The van der Waals surface area contributed by atoms with Crippen LogP contribution in [-0.2, 0) is 4.79 Å². The molecule has 1 aromatic rings. The normalized spacial score (nSPS) is 20.4. The van der Waals surface area contributed by atoms with Crippen LogP contribution in [0.5, 0.6) is 0 Å². The molecule has 1 aliphatic rings. The lowest BCUT2D eigenvalue weighted by Gasteiger charge is -2.30. The van der Waals surface area contributed by atoms with E-state index in [1.165, 1.54) is 0 Å². The smallest absolute Gasteiger partial charge is 0.249 e. The topological polar surface area (TPSA) is 45.2 Å². The summed E-state index contributed by atoms with van der Waals surface area (Å²) in [5, 5.41) is 3.05. The van der Waals surface area contributed by atoms with Gasteiger partial charge in [0.1, 0.15) is 10.6 Å². The van der Waals surface area contributed by atoms with Crippen molar-refractivity contribution in [3.05, 3.63) is 16.7 Å². The first-order valence-corrected chi connectivity index (χ1v) is 5.09. The molecule has 0 spiro atoms. The molecule has 0 saturated carbocycles. The standard InChI is InChI=1S/C9H10BrN3O/c1-5-9(14)13(2)6-3-4-7(10)12-8(6)11-5/h3-5H,1-2H3,(H,11,12)/t5-/m1/s1. The van der Waals surface area contributed by atoms with Crippen LogP contribution in [0, 0.1) is 0 Å². The number of halogens is 1. The first kappa shape index (κ1) is 9.45. The number of rotatable bonds is 0. The summed E-state index contributed by atoms with van der Waals surface area (Å²) < 4.78 is 0.763. The molecule has 1 N–H and O–H groups in total. The number of hydrogen-bond donors (Lipinski definition) is 1. The molecule has 4 nitrogen and oxygen atoms in total. The summed E-state index contributed by atoms with van der Waals surface area (Å²) in [6.07, 6.45) is 0. The fraction of sp³-hybridized carbons (Fsp3) is 0.333. The van der Waals surface area contributed by atoms with E-state index in [2.05, 4.69) is 26.2 Å². The van der Waals surface area contributed by atoms with E-state index in [0.29, 0.717) is 0 Å². The largest absolute Gasteiger partial charge is 0.357 e. The highest BCUT2D eigenvalue weighted by atomic mass is 79.9. The SMILES string of the molecule is C[C@H]1Nc2nc(Br)ccc2N(C)C1=O. The summed E-state index contributed by atoms with van der Waals surface area (Å²) in [4.78, 5) is 17.5. The minimum absolute atomic E-state index is 0.0571. The quantitative estimate of drug-likeness (QED) is 0.717. The average Bonchev–Trinajstić information content (AvgIpc) is 2.14. The summed E-state index contributed by atoms with van der Waals surface area (Å²) >= 11 is 3.29. The second-order valence-electron chi connectivity index (χ2n) is 3.26. The fourth-order valence-corrected chi connectivity index (χ4v) is 1.79. The summed E-state index contributed by atoms with van der Waals surface area (Å²) in [6.45, 7) is 1.82. The van der Waals surface area contributed by atoms with E-state index in [4.69, 9.17) is 0 Å². The molecule has 74 valence electrons. The van der Waals surface area contributed by atoms with E-state index in [-0.39, 0.29) is 11.9 Å². The van der Waals surface area contributed by atoms with Crippen molar-refractivity contribution in [3.63, 3.8) is 0 Å². The van der Waals surface area contributed by atoms with Gasteiger partial charge in [0, 0.05) is 7.05 Å². The van der Waals surface area contributed by atoms with Crippen molar-refractivity contribution >= 4 is 33.3 Å². The van der Waals surface area contributed by atoms with E-state index >= 15 is 0 Å². The first-order valence-electron chi connectivity index (χ1n) is 4.30. The van der Waals surface area contributed by atoms with Crippen molar-refractivity contribution in [2.24, 2.45) is 0 Å². The molecule has 0 radical (unpaired) electrons. The highest BCUT2D eigenvalue weighted by Gasteiger charge is 2.27. The lowest BCUT2D eigenvalue weighted by atomic mass is 10.2. The van der Waals surface area contributed by atoms with Gasteiger partial charge in [-0.3, -0.25) is 4.79 Å². The molecular weight excluding hydrogens is 246 g/mol. The van der Waals surface area contributed by atoms with Gasteiger partial charge in [-0.15, -0.1) is 0 Å². The summed E-state index contributed by atoms with van der Waals surface area (Å²) in [5.41, 5.74) is 0.816. The molecule has 2 heterocycles. The molecule has 1 amide bonds. The van der Waals surface area contributed by atoms with Gasteiger partial charge in [-0.2, -0.15) is 0 Å². The molecule has 1 aromatic heterocycles. The molecule has 2 rings (SSSR count). The Hall–Kier alpha value is -1.10. The Labute approximate surface area is 90.4 Å². The van der Waals surface area contributed by atoms with Crippen molar-refractivity contribution < 1.29 is 4.79 Å². The number of nitrogens with zero attached hydrogens (tertiary/aromatic N) is 2. The molecule has 5 heteroatoms. The Morgan fingerprint density at radius 2 is 2.29 bits per heavy atom. The number of aromatic nitrogens is 1. The van der Waals surface area contributed by atoms with Gasteiger partial charge in [0.25, 0.3) is 0 Å². The summed E-state index contributed by atoms with van der Waals surface area (Å²) in [5.74, 6) is 0.801. The van der Waals surface area contributed by atoms with Crippen LogP contribution in [0.1, 0.15) is 6.92 Å². The van der Waals surface area contributed by atoms with Crippen LogP contribution in [0.3, 0.4) is 0 Å². The van der Waals surface area contributed by atoms with Crippen LogP contribution in [0.2, 0.25) is 0 Å². The third-order valence-corrected chi connectivity index (χ3v) is 2.70. The molecule has 0 unspecified atom stereocenters. The molecule has 0 fully saturated rings. The lowest BCUT2D eigenvalue weighted by molar-refractivity contribution is -0.118. The van der Waals surface area contributed by atoms with Crippen LogP contribution < -0.4 is 10.2 Å². The van der Waals surface area contributed by atoms with Gasteiger partial charge in [-0.1, -0.05) is 0 Å². The Kier molecular flexibility index (Phi) is 2.19. The zero-order valence-corrected chi connectivity index (χ0v) is 9.50. The predicted octanol–water partition coefficient (Wildman–Crippen LogP) is 1.62. The third-order valence-electron chi connectivity index (χ3n) is 2.26. The minimum Gasteiger partial charge on any atom is -0.357 e. The number of likely N-dealkylation sites (N-methyl/N-ethyl adjacent to an activating group) is 1. The van der Waals surface area contributed by atoms with Crippen LogP contribution in [0.25, 0.3) is 0 Å². The average molecular weight is 256 g/mol. The third kappa shape index (κ3) is 1.37. The van der Waals surface area contributed by atoms with Crippen molar-refractivity contribution in [2.75, 3.05) is 17.3 Å². The molecule has 0 saturated heterocycles. The highest BCUT2D eigenvalue weighted by molar-refractivity contribution is 9.10.